The first-order chi connectivity index (χ1) is 26.2. The van der Waals surface area contributed by atoms with Crippen molar-refractivity contribution in [1.29, 1.82) is 5.53 Å². The van der Waals surface area contributed by atoms with Crippen molar-refractivity contribution in [3.8, 4) is 0 Å². The molecule has 6 unspecified atom stereocenters. The van der Waals surface area contributed by atoms with Crippen LogP contribution in [0.5, 0.6) is 0 Å². The normalized spacial score (nSPS) is 20.8. The van der Waals surface area contributed by atoms with E-state index < -0.39 is 46.4 Å². The van der Waals surface area contributed by atoms with Gasteiger partial charge in [-0.15, -0.1) is 0 Å². The molecule has 3 N–H and O–H groups in total. The van der Waals surface area contributed by atoms with E-state index in [9.17, 15) is 33.9 Å². The highest BCUT2D eigenvalue weighted by molar-refractivity contribution is 6.05. The average Bonchev–Trinajstić information content (AvgIpc) is 3.49. The molecular formula is C42H79N5O10. The Morgan fingerprint density at radius 3 is 1.72 bits per heavy atom. The summed E-state index contributed by atoms with van der Waals surface area (Å²) in [5, 5.41) is 20.8. The van der Waals surface area contributed by atoms with E-state index in [1.165, 1.54) is 4.90 Å². The number of nitrogens with zero attached hydrogens (tertiary/aromatic N) is 4. The number of imide groups is 1. The number of carboxylic acids is 1. The highest BCUT2D eigenvalue weighted by Gasteiger charge is 2.56. The van der Waals surface area contributed by atoms with Gasteiger partial charge in [0.05, 0.1) is 48.7 Å². The average molecular weight is 814 g/mol. The molecule has 2 aliphatic heterocycles. The van der Waals surface area contributed by atoms with E-state index in [4.69, 9.17) is 15.4 Å². The molecule has 332 valence electrons. The number of esters is 3. The first-order valence-electron chi connectivity index (χ1n) is 20.4. The van der Waals surface area contributed by atoms with Crippen LogP contribution in [-0.2, 0) is 38.2 Å². The Morgan fingerprint density at radius 2 is 1.33 bits per heavy atom. The number of aliphatic carboxylic acids is 1. The van der Waals surface area contributed by atoms with Crippen molar-refractivity contribution in [1.82, 2.24) is 14.7 Å². The number of likely N-dealkylation sites (tertiary alicyclic amines) is 1. The Morgan fingerprint density at radius 1 is 0.860 bits per heavy atom. The van der Waals surface area contributed by atoms with Gasteiger partial charge in [-0.1, -0.05) is 82.1 Å². The van der Waals surface area contributed by atoms with Crippen LogP contribution in [0.1, 0.15) is 115 Å². The quantitative estimate of drug-likeness (QED) is 0.0450. The second-order valence-electron chi connectivity index (χ2n) is 17.7. The van der Waals surface area contributed by atoms with Crippen LogP contribution < -0.4 is 0 Å². The van der Waals surface area contributed by atoms with Crippen LogP contribution in [0.4, 0.5) is 0 Å². The Hall–Kier alpha value is -3.30. The van der Waals surface area contributed by atoms with E-state index in [-0.39, 0.29) is 60.6 Å². The highest BCUT2D eigenvalue weighted by Crippen LogP contribution is 2.49. The highest BCUT2D eigenvalue weighted by atomic mass is 16.6. The van der Waals surface area contributed by atoms with Gasteiger partial charge in [0.2, 0.25) is 11.8 Å². The van der Waals surface area contributed by atoms with Crippen molar-refractivity contribution in [2.75, 3.05) is 67.6 Å². The predicted octanol–water partition coefficient (Wildman–Crippen LogP) is 6.02. The van der Waals surface area contributed by atoms with Crippen LogP contribution in [0, 0.1) is 57.3 Å². The number of amides is 2. The molecule has 2 fully saturated rings. The van der Waals surface area contributed by atoms with Gasteiger partial charge in [-0.05, 0) is 90.6 Å². The number of ether oxygens (including phenoxy) is 2. The zero-order valence-electron chi connectivity index (χ0n) is 38.2. The molecule has 2 aliphatic rings. The van der Waals surface area contributed by atoms with Gasteiger partial charge >= 0.3 is 23.9 Å². The van der Waals surface area contributed by atoms with E-state index in [1.54, 1.807) is 41.5 Å². The van der Waals surface area contributed by atoms with Gasteiger partial charge in [0.1, 0.15) is 0 Å². The van der Waals surface area contributed by atoms with Gasteiger partial charge < -0.3 is 29.5 Å². The third-order valence-corrected chi connectivity index (χ3v) is 11.2. The van der Waals surface area contributed by atoms with E-state index >= 15 is 0 Å². The zero-order valence-corrected chi connectivity index (χ0v) is 38.2. The largest absolute Gasteiger partial charge is 0.481 e. The number of nitrogens with one attached hydrogen (secondary N) is 1. The molecule has 0 aliphatic carbocycles. The maximum Gasteiger partial charge on any atom is 0.318 e. The maximum atomic E-state index is 13.5. The standard InChI is InChI=1S/C25H44N2O6.C10H16O3.C5H13N3.C2H6O/c1-10-24(4,5)19-17(20(28)27(21(19)29)14-12-13-26(8)9)15-25(6,7)18(22(30)31)16(3)23(32)33-11-2;1-5-10(3,4)7-6(2)8(11)13-9(7)12;1-8(2)5-3-4-7-6;1-2-3/h16-19H,10-15H2,1-9H3,(H,30,31);6-7H,5H2,1-4H3;6H,3-5H2,1-2H3;3H,2H2,1H3. The number of cyclic esters (lactones) is 2. The summed E-state index contributed by atoms with van der Waals surface area (Å²) in [7, 11) is 7.92. The molecule has 2 rings (SSSR count). The van der Waals surface area contributed by atoms with Crippen LogP contribution in [0.2, 0.25) is 0 Å². The number of aliphatic hydroxyl groups is 1. The number of hydrogen-bond acceptors (Lipinski definition) is 13. The molecule has 0 radical (unpaired) electrons. The summed E-state index contributed by atoms with van der Waals surface area (Å²) in [5.41, 5.74) is 4.97. The predicted molar refractivity (Wildman–Crippen MR) is 220 cm³/mol. The van der Waals surface area contributed by atoms with E-state index in [2.05, 4.69) is 14.8 Å². The summed E-state index contributed by atoms with van der Waals surface area (Å²) in [6.45, 7) is 25.4. The van der Waals surface area contributed by atoms with Crippen LogP contribution in [0.25, 0.3) is 0 Å². The molecule has 2 saturated heterocycles. The molecule has 0 saturated carbocycles. The second-order valence-corrected chi connectivity index (χ2v) is 17.7. The molecular weight excluding hydrogens is 734 g/mol. The van der Waals surface area contributed by atoms with Crippen molar-refractivity contribution in [3.63, 3.8) is 0 Å². The fraction of sp³-hybridized carbons (Fsp3) is 0.857. The Kier molecular flexibility index (Phi) is 25.4. The third kappa shape index (κ3) is 17.6. The fourth-order valence-electron chi connectivity index (χ4n) is 7.47. The third-order valence-electron chi connectivity index (χ3n) is 11.2. The van der Waals surface area contributed by atoms with Crippen LogP contribution in [0.15, 0.2) is 5.11 Å². The summed E-state index contributed by atoms with van der Waals surface area (Å²) >= 11 is 0. The number of aliphatic hydroxyl groups excluding tert-OH is 1. The summed E-state index contributed by atoms with van der Waals surface area (Å²) in [5.74, 6) is -6.45. The lowest BCUT2D eigenvalue weighted by Gasteiger charge is -2.39. The molecule has 0 bridgehead atoms. The summed E-state index contributed by atoms with van der Waals surface area (Å²) in [6, 6.07) is 0. The van der Waals surface area contributed by atoms with Crippen molar-refractivity contribution in [2.24, 2.45) is 56.9 Å². The minimum absolute atomic E-state index is 0.150. The van der Waals surface area contributed by atoms with E-state index in [0.29, 0.717) is 25.9 Å². The molecule has 0 aromatic carbocycles. The van der Waals surface area contributed by atoms with Gasteiger partial charge in [-0.2, -0.15) is 5.11 Å². The molecule has 15 nitrogen and oxygen atoms in total. The zero-order chi connectivity index (χ0) is 45.1. The monoisotopic (exact) mass is 814 g/mol. The summed E-state index contributed by atoms with van der Waals surface area (Å²) < 4.78 is 9.67. The van der Waals surface area contributed by atoms with Crippen molar-refractivity contribution in [3.05, 3.63) is 0 Å². The van der Waals surface area contributed by atoms with Crippen molar-refractivity contribution in [2.45, 2.75) is 115 Å². The van der Waals surface area contributed by atoms with Gasteiger partial charge in [-0.3, -0.25) is 33.7 Å². The number of hydrogen-bond donors (Lipinski definition) is 3. The number of carbonyl (C=O) groups excluding carboxylic acids is 5. The van der Waals surface area contributed by atoms with Crippen molar-refractivity contribution >= 4 is 35.7 Å². The fourth-order valence-corrected chi connectivity index (χ4v) is 7.47. The molecule has 15 heteroatoms. The van der Waals surface area contributed by atoms with Gasteiger partial charge in [0, 0.05) is 13.2 Å². The van der Waals surface area contributed by atoms with Crippen molar-refractivity contribution < 1.29 is 48.5 Å². The first-order valence-corrected chi connectivity index (χ1v) is 20.4. The Labute approximate surface area is 343 Å². The Balaban J connectivity index is 0. The second kappa shape index (κ2) is 25.9. The Bertz CT molecular complexity index is 1300. The molecule has 2 amide bonds. The van der Waals surface area contributed by atoms with E-state index in [1.807, 2.05) is 74.6 Å². The molecule has 0 spiro atoms. The first kappa shape index (κ1) is 55.8. The number of rotatable bonds is 19. The summed E-state index contributed by atoms with van der Waals surface area (Å²) in [4.78, 5) is 79.5. The van der Waals surface area contributed by atoms with Crippen LogP contribution >= 0.6 is 0 Å². The lowest BCUT2D eigenvalue weighted by atomic mass is 9.63. The van der Waals surface area contributed by atoms with E-state index in [0.717, 1.165) is 25.9 Å². The molecule has 57 heavy (non-hydrogen) atoms. The topological polar surface area (TPSA) is 207 Å². The van der Waals surface area contributed by atoms with Crippen LogP contribution in [-0.4, -0.2) is 128 Å². The van der Waals surface area contributed by atoms with Crippen LogP contribution in [0.3, 0.4) is 0 Å². The lowest BCUT2D eigenvalue weighted by Crippen LogP contribution is -2.43. The summed E-state index contributed by atoms with van der Waals surface area (Å²) in [6.07, 6.45) is 3.45. The molecule has 6 atom stereocenters. The minimum Gasteiger partial charge on any atom is -0.481 e. The molecule has 0 aromatic rings. The number of carboxylic acid groups (broad SMARTS) is 1. The van der Waals surface area contributed by atoms with Gasteiger partial charge in [0.15, 0.2) is 0 Å². The molecule has 0 aromatic heterocycles. The molecule has 2 heterocycles. The SMILES string of the molecule is CCC(C)(C)C1C(=O)OC(=O)C1C.CCO.CCOC(=O)C(C)C(C(=O)O)C(C)(C)CC1C(=O)N(CCCN(C)C)C(=O)C1C(C)(C)CC.CN(C)CCCN=N. The van der Waals surface area contributed by atoms with Gasteiger partial charge in [-0.25, -0.2) is 5.53 Å². The maximum absolute atomic E-state index is 13.5. The lowest BCUT2D eigenvalue weighted by molar-refractivity contribution is -0.162. The smallest absolute Gasteiger partial charge is 0.318 e. The minimum atomic E-state index is -1.11. The number of carbonyl (C=O) groups is 6. The van der Waals surface area contributed by atoms with Gasteiger partial charge in [0.25, 0.3) is 0 Å².